The van der Waals surface area contributed by atoms with Gasteiger partial charge in [-0.15, -0.1) is 0 Å². The van der Waals surface area contributed by atoms with Crippen molar-refractivity contribution in [3.05, 3.63) is 29.8 Å². The number of para-hydroxylation sites is 1. The maximum atomic E-state index is 12.0. The third-order valence-electron chi connectivity index (χ3n) is 2.94. The van der Waals surface area contributed by atoms with Crippen molar-refractivity contribution in [2.24, 2.45) is 11.1 Å². The van der Waals surface area contributed by atoms with Gasteiger partial charge in [-0.25, -0.2) is 0 Å². The minimum Gasteiger partial charge on any atom is -0.389 e. The number of carbonyl (C=O) groups excluding carboxylic acids is 1. The summed E-state index contributed by atoms with van der Waals surface area (Å²) in [5, 5.41) is 2.88. The summed E-state index contributed by atoms with van der Waals surface area (Å²) < 4.78 is 0. The first-order valence-corrected chi connectivity index (χ1v) is 5.99. The zero-order chi connectivity index (χ0) is 13.1. The second kappa shape index (κ2) is 5.27. The highest BCUT2D eigenvalue weighted by Gasteiger charge is 2.25. The van der Waals surface area contributed by atoms with Crippen LogP contribution in [0.25, 0.3) is 0 Å². The first-order valence-electron chi connectivity index (χ1n) is 5.58. The molecule has 0 saturated carbocycles. The molecule has 92 valence electrons. The van der Waals surface area contributed by atoms with Crippen LogP contribution in [0.5, 0.6) is 0 Å². The van der Waals surface area contributed by atoms with Crippen LogP contribution in [0.3, 0.4) is 0 Å². The third kappa shape index (κ3) is 3.27. The lowest BCUT2D eigenvalue weighted by Gasteiger charge is -2.22. The van der Waals surface area contributed by atoms with Crippen molar-refractivity contribution in [2.45, 2.75) is 27.2 Å². The quantitative estimate of drug-likeness (QED) is 0.808. The topological polar surface area (TPSA) is 55.1 Å². The Labute approximate surface area is 107 Å². The number of amides is 1. The van der Waals surface area contributed by atoms with Crippen molar-refractivity contribution >= 4 is 28.8 Å². The zero-order valence-electron chi connectivity index (χ0n) is 10.4. The minimum atomic E-state index is -0.399. The highest BCUT2D eigenvalue weighted by molar-refractivity contribution is 7.80. The average Bonchev–Trinajstić information content (AvgIpc) is 2.29. The summed E-state index contributed by atoms with van der Waals surface area (Å²) in [6.07, 6.45) is 0.772. The van der Waals surface area contributed by atoms with Crippen LogP contribution in [0.15, 0.2) is 24.3 Å². The molecule has 0 aromatic heterocycles. The molecule has 0 fully saturated rings. The molecular formula is C13H18N2OS. The molecule has 1 aromatic rings. The van der Waals surface area contributed by atoms with Gasteiger partial charge in [0, 0.05) is 11.0 Å². The van der Waals surface area contributed by atoms with Gasteiger partial charge in [-0.1, -0.05) is 45.1 Å². The van der Waals surface area contributed by atoms with Gasteiger partial charge in [-0.2, -0.15) is 0 Å². The van der Waals surface area contributed by atoms with Gasteiger partial charge >= 0.3 is 0 Å². The molecule has 0 spiro atoms. The Hall–Kier alpha value is -1.42. The number of nitrogens with two attached hydrogens (primary N) is 1. The smallest absolute Gasteiger partial charge is 0.230 e. The number of nitrogens with one attached hydrogen (secondary N) is 1. The summed E-state index contributed by atoms with van der Waals surface area (Å²) in [5.41, 5.74) is 6.58. The zero-order valence-corrected chi connectivity index (χ0v) is 11.2. The minimum absolute atomic E-state index is 0.0244. The number of anilines is 1. The van der Waals surface area contributed by atoms with E-state index in [1.807, 2.05) is 32.9 Å². The van der Waals surface area contributed by atoms with Crippen molar-refractivity contribution in [2.75, 3.05) is 5.32 Å². The van der Waals surface area contributed by atoms with Gasteiger partial charge in [-0.3, -0.25) is 4.79 Å². The van der Waals surface area contributed by atoms with Gasteiger partial charge in [0.25, 0.3) is 0 Å². The molecule has 3 N–H and O–H groups in total. The molecule has 1 aromatic carbocycles. The molecule has 0 saturated heterocycles. The molecule has 17 heavy (non-hydrogen) atoms. The van der Waals surface area contributed by atoms with Crippen LogP contribution in [-0.2, 0) is 4.79 Å². The van der Waals surface area contributed by atoms with Crippen LogP contribution in [0.4, 0.5) is 5.69 Å². The second-order valence-electron chi connectivity index (χ2n) is 4.60. The Morgan fingerprint density at radius 3 is 2.53 bits per heavy atom. The lowest BCUT2D eigenvalue weighted by molar-refractivity contribution is -0.124. The first-order chi connectivity index (χ1) is 7.88. The highest BCUT2D eigenvalue weighted by atomic mass is 32.1. The number of carbonyl (C=O) groups is 1. The molecule has 1 amide bonds. The Kier molecular flexibility index (Phi) is 4.23. The summed E-state index contributed by atoms with van der Waals surface area (Å²) in [4.78, 5) is 12.3. The van der Waals surface area contributed by atoms with Crippen LogP contribution < -0.4 is 11.1 Å². The van der Waals surface area contributed by atoms with E-state index < -0.39 is 5.41 Å². The molecule has 0 radical (unpaired) electrons. The predicted molar refractivity (Wildman–Crippen MR) is 75.0 cm³/mol. The van der Waals surface area contributed by atoms with Crippen molar-refractivity contribution in [3.8, 4) is 0 Å². The third-order valence-corrected chi connectivity index (χ3v) is 3.16. The Balaban J connectivity index is 2.97. The molecular weight excluding hydrogens is 232 g/mol. The lowest BCUT2D eigenvalue weighted by Crippen LogP contribution is -2.30. The molecule has 0 bridgehead atoms. The fourth-order valence-electron chi connectivity index (χ4n) is 1.26. The maximum absolute atomic E-state index is 12.0. The Morgan fingerprint density at radius 1 is 1.41 bits per heavy atom. The number of thiocarbonyl (C=S) groups is 1. The monoisotopic (exact) mass is 250 g/mol. The number of benzene rings is 1. The Morgan fingerprint density at radius 2 is 2.00 bits per heavy atom. The summed E-state index contributed by atoms with van der Waals surface area (Å²) in [6.45, 7) is 5.80. The fraction of sp³-hybridized carbons (Fsp3) is 0.385. The average molecular weight is 250 g/mol. The van der Waals surface area contributed by atoms with Gasteiger partial charge in [0.2, 0.25) is 5.91 Å². The van der Waals surface area contributed by atoms with E-state index in [2.05, 4.69) is 5.32 Å². The van der Waals surface area contributed by atoms with E-state index in [9.17, 15) is 4.79 Å². The molecule has 4 heteroatoms. The van der Waals surface area contributed by atoms with Crippen LogP contribution in [0.2, 0.25) is 0 Å². The first kappa shape index (κ1) is 13.6. The van der Waals surface area contributed by atoms with E-state index in [-0.39, 0.29) is 10.9 Å². The maximum Gasteiger partial charge on any atom is 0.230 e. The standard InChI is InChI=1S/C13H18N2OS/c1-4-13(2,3)12(16)15-10-8-6-5-7-9(10)11(14)17/h5-8H,4H2,1-3H3,(H2,14,17)(H,15,16). The molecule has 0 aliphatic rings. The van der Waals surface area contributed by atoms with Crippen LogP contribution in [0, 0.1) is 5.41 Å². The van der Waals surface area contributed by atoms with E-state index in [1.54, 1.807) is 12.1 Å². The molecule has 0 heterocycles. The molecule has 0 aliphatic heterocycles. The van der Waals surface area contributed by atoms with Crippen LogP contribution in [0.1, 0.15) is 32.8 Å². The second-order valence-corrected chi connectivity index (χ2v) is 5.04. The van der Waals surface area contributed by atoms with Crippen molar-refractivity contribution < 1.29 is 4.79 Å². The van der Waals surface area contributed by atoms with Gasteiger partial charge in [0.05, 0.1) is 5.69 Å². The molecule has 0 atom stereocenters. The van der Waals surface area contributed by atoms with Gasteiger partial charge < -0.3 is 11.1 Å². The summed E-state index contributed by atoms with van der Waals surface area (Å²) in [7, 11) is 0. The van der Waals surface area contributed by atoms with E-state index in [4.69, 9.17) is 18.0 Å². The SMILES string of the molecule is CCC(C)(C)C(=O)Nc1ccccc1C(N)=S. The molecule has 0 unspecified atom stereocenters. The molecule has 3 nitrogen and oxygen atoms in total. The fourth-order valence-corrected chi connectivity index (χ4v) is 1.44. The summed E-state index contributed by atoms with van der Waals surface area (Å²) >= 11 is 4.95. The summed E-state index contributed by atoms with van der Waals surface area (Å²) in [6, 6.07) is 7.29. The van der Waals surface area contributed by atoms with Gasteiger partial charge in [-0.05, 0) is 18.6 Å². The predicted octanol–water partition coefficient (Wildman–Crippen LogP) is 2.70. The number of hydrogen-bond donors (Lipinski definition) is 2. The molecule has 1 rings (SSSR count). The van der Waals surface area contributed by atoms with E-state index in [1.165, 1.54) is 0 Å². The van der Waals surface area contributed by atoms with E-state index in [0.717, 1.165) is 6.42 Å². The summed E-state index contributed by atoms with van der Waals surface area (Å²) in [5.74, 6) is -0.0244. The highest BCUT2D eigenvalue weighted by Crippen LogP contribution is 2.23. The van der Waals surface area contributed by atoms with Crippen LogP contribution in [-0.4, -0.2) is 10.9 Å². The number of rotatable bonds is 4. The van der Waals surface area contributed by atoms with Crippen molar-refractivity contribution in [3.63, 3.8) is 0 Å². The largest absolute Gasteiger partial charge is 0.389 e. The van der Waals surface area contributed by atoms with Gasteiger partial charge in [0.15, 0.2) is 0 Å². The van der Waals surface area contributed by atoms with Crippen LogP contribution >= 0.6 is 12.2 Å². The van der Waals surface area contributed by atoms with Crippen molar-refractivity contribution in [1.82, 2.24) is 0 Å². The van der Waals surface area contributed by atoms with E-state index in [0.29, 0.717) is 11.3 Å². The molecule has 0 aliphatic carbocycles. The normalized spacial score (nSPS) is 11.0. The van der Waals surface area contributed by atoms with E-state index >= 15 is 0 Å². The number of hydrogen-bond acceptors (Lipinski definition) is 2. The lowest BCUT2D eigenvalue weighted by atomic mass is 9.89. The Bertz CT molecular complexity index is 441. The van der Waals surface area contributed by atoms with Gasteiger partial charge in [0.1, 0.15) is 4.99 Å². The van der Waals surface area contributed by atoms with Crippen molar-refractivity contribution in [1.29, 1.82) is 0 Å².